The zero-order valence-electron chi connectivity index (χ0n) is 17.0. The fourth-order valence-corrected chi connectivity index (χ4v) is 3.48. The molecule has 1 aromatic heterocycles. The van der Waals surface area contributed by atoms with Crippen LogP contribution in [-0.4, -0.2) is 37.0 Å². The summed E-state index contributed by atoms with van der Waals surface area (Å²) in [6.07, 6.45) is 3.47. The van der Waals surface area contributed by atoms with Gasteiger partial charge in [-0.25, -0.2) is 9.37 Å². The Morgan fingerprint density at radius 2 is 1.93 bits per heavy atom. The van der Waals surface area contributed by atoms with Gasteiger partial charge >= 0.3 is 0 Å². The minimum absolute atomic E-state index is 0. The monoisotopic (exact) mass is 526 g/mol. The molecule has 0 spiro atoms. The lowest BCUT2D eigenvalue weighted by atomic mass is 9.97. The summed E-state index contributed by atoms with van der Waals surface area (Å²) in [6.45, 7) is 2.25. The number of aliphatic imine (C=N–C) groups is 1. The molecule has 0 aliphatic carbocycles. The summed E-state index contributed by atoms with van der Waals surface area (Å²) in [5, 5.41) is 6.37. The number of rotatable bonds is 6. The fraction of sp³-hybridized carbons (Fsp3) is 0.381. The number of carbonyl (C=O) groups is 1. The molecule has 0 saturated carbocycles. The largest absolute Gasteiger partial charge is 0.369 e. The van der Waals surface area contributed by atoms with Gasteiger partial charge in [0.15, 0.2) is 5.96 Å². The molecule has 1 atom stereocenters. The zero-order chi connectivity index (χ0) is 20.6. The average molecular weight is 526 g/mol. The molecule has 1 aliphatic rings. The number of primary amides is 1. The number of nitrogens with zero attached hydrogens (tertiary/aromatic N) is 3. The molecule has 4 N–H and O–H groups in total. The minimum atomic E-state index is -0.261. The van der Waals surface area contributed by atoms with Crippen molar-refractivity contribution in [1.29, 1.82) is 0 Å². The molecule has 1 unspecified atom stereocenters. The van der Waals surface area contributed by atoms with Gasteiger partial charge < -0.3 is 21.3 Å². The molecular formula is C21H28FIN6O. The highest BCUT2D eigenvalue weighted by molar-refractivity contribution is 14.0. The van der Waals surface area contributed by atoms with E-state index in [4.69, 9.17) is 5.73 Å². The molecule has 9 heteroatoms. The molecule has 162 valence electrons. The van der Waals surface area contributed by atoms with Crippen molar-refractivity contribution in [3.63, 3.8) is 0 Å². The van der Waals surface area contributed by atoms with E-state index in [0.29, 0.717) is 31.2 Å². The second kappa shape index (κ2) is 11.7. The van der Waals surface area contributed by atoms with Crippen LogP contribution in [0.5, 0.6) is 0 Å². The standard InChI is InChI=1S/C21H27FN6O.HI/c1-24-21(26-12-15-6-2-3-9-18(15)22)27-13-16-7-4-10-25-20(16)28-11-5-8-17(14-28)19(23)29;/h2-4,6-7,9-10,17H,5,8,11-14H2,1H3,(H2,23,29)(H2,24,26,27);1H. The Morgan fingerprint density at radius 3 is 2.63 bits per heavy atom. The summed E-state index contributed by atoms with van der Waals surface area (Å²) in [5.74, 6) is 0.746. The number of carbonyl (C=O) groups excluding carboxylic acids is 1. The number of amides is 1. The van der Waals surface area contributed by atoms with Crippen LogP contribution in [-0.2, 0) is 17.9 Å². The van der Waals surface area contributed by atoms with Gasteiger partial charge in [0.25, 0.3) is 0 Å². The van der Waals surface area contributed by atoms with Crippen LogP contribution < -0.4 is 21.3 Å². The summed E-state index contributed by atoms with van der Waals surface area (Å²) in [4.78, 5) is 22.4. The minimum Gasteiger partial charge on any atom is -0.369 e. The predicted molar refractivity (Wildman–Crippen MR) is 127 cm³/mol. The summed E-state index contributed by atoms with van der Waals surface area (Å²) < 4.78 is 13.8. The van der Waals surface area contributed by atoms with Crippen LogP contribution >= 0.6 is 24.0 Å². The predicted octanol–water partition coefficient (Wildman–Crippen LogP) is 2.41. The van der Waals surface area contributed by atoms with E-state index in [-0.39, 0.29) is 41.6 Å². The second-order valence-corrected chi connectivity index (χ2v) is 7.04. The molecule has 30 heavy (non-hydrogen) atoms. The maximum Gasteiger partial charge on any atom is 0.222 e. The molecule has 2 aromatic rings. The van der Waals surface area contributed by atoms with Crippen molar-refractivity contribution in [2.24, 2.45) is 16.6 Å². The maximum absolute atomic E-state index is 13.8. The lowest BCUT2D eigenvalue weighted by Gasteiger charge is -2.33. The number of benzene rings is 1. The van der Waals surface area contributed by atoms with Crippen LogP contribution in [0.3, 0.4) is 0 Å². The Kier molecular flexibility index (Phi) is 9.28. The van der Waals surface area contributed by atoms with Gasteiger partial charge in [0.1, 0.15) is 11.6 Å². The molecule has 1 aromatic carbocycles. The molecule has 3 rings (SSSR count). The number of guanidine groups is 1. The average Bonchev–Trinajstić information content (AvgIpc) is 2.75. The molecule has 1 saturated heterocycles. The maximum atomic E-state index is 13.8. The zero-order valence-corrected chi connectivity index (χ0v) is 19.3. The third-order valence-electron chi connectivity index (χ3n) is 5.06. The van der Waals surface area contributed by atoms with Gasteiger partial charge in [-0.1, -0.05) is 24.3 Å². The van der Waals surface area contributed by atoms with Gasteiger partial charge in [0.05, 0.1) is 5.92 Å². The lowest BCUT2D eigenvalue weighted by Crippen LogP contribution is -2.42. The van der Waals surface area contributed by atoms with E-state index in [1.165, 1.54) is 6.07 Å². The normalized spacial score (nSPS) is 16.5. The Hall–Kier alpha value is -2.43. The first-order chi connectivity index (χ1) is 14.1. The number of halogens is 2. The molecule has 0 radical (unpaired) electrons. The van der Waals surface area contributed by atoms with E-state index in [1.54, 1.807) is 31.4 Å². The SMILES string of the molecule is CN=C(NCc1ccccc1F)NCc1cccnc1N1CCCC(C(N)=O)C1.I. The molecule has 7 nitrogen and oxygen atoms in total. The summed E-state index contributed by atoms with van der Waals surface area (Å²) in [6, 6.07) is 10.5. The Balaban J connectivity index is 0.00000320. The van der Waals surface area contributed by atoms with Gasteiger partial charge in [0.2, 0.25) is 5.91 Å². The highest BCUT2D eigenvalue weighted by Gasteiger charge is 2.25. The van der Waals surface area contributed by atoms with Crippen molar-refractivity contribution in [2.75, 3.05) is 25.0 Å². The van der Waals surface area contributed by atoms with E-state index < -0.39 is 0 Å². The van der Waals surface area contributed by atoms with E-state index in [0.717, 1.165) is 30.8 Å². The molecule has 2 heterocycles. The fourth-order valence-electron chi connectivity index (χ4n) is 3.48. The number of pyridine rings is 1. The van der Waals surface area contributed by atoms with Gasteiger partial charge in [0, 0.05) is 50.6 Å². The van der Waals surface area contributed by atoms with E-state index in [9.17, 15) is 9.18 Å². The van der Waals surface area contributed by atoms with E-state index >= 15 is 0 Å². The number of hydrogen-bond acceptors (Lipinski definition) is 4. The van der Waals surface area contributed by atoms with Crippen LogP contribution in [0, 0.1) is 11.7 Å². The quantitative estimate of drug-likeness (QED) is 0.306. The number of nitrogens with two attached hydrogens (primary N) is 1. The van der Waals surface area contributed by atoms with Crippen LogP contribution in [0.2, 0.25) is 0 Å². The molecule has 1 aliphatic heterocycles. The van der Waals surface area contributed by atoms with Crippen molar-refractivity contribution >= 4 is 41.7 Å². The van der Waals surface area contributed by atoms with Crippen molar-refractivity contribution in [2.45, 2.75) is 25.9 Å². The van der Waals surface area contributed by atoms with Crippen LogP contribution in [0.15, 0.2) is 47.6 Å². The number of piperidine rings is 1. The first kappa shape index (κ1) is 23.8. The first-order valence-corrected chi connectivity index (χ1v) is 9.74. The van der Waals surface area contributed by atoms with Crippen LogP contribution in [0.1, 0.15) is 24.0 Å². The summed E-state index contributed by atoms with van der Waals surface area (Å²) in [7, 11) is 1.67. The van der Waals surface area contributed by atoms with Crippen LogP contribution in [0.4, 0.5) is 10.2 Å². The van der Waals surface area contributed by atoms with Crippen molar-refractivity contribution < 1.29 is 9.18 Å². The van der Waals surface area contributed by atoms with E-state index in [2.05, 4.69) is 25.5 Å². The number of anilines is 1. The summed E-state index contributed by atoms with van der Waals surface area (Å²) in [5.41, 5.74) is 7.07. The van der Waals surface area contributed by atoms with Crippen molar-refractivity contribution in [3.05, 3.63) is 59.5 Å². The number of nitrogens with one attached hydrogen (secondary N) is 2. The molecular weight excluding hydrogens is 498 g/mol. The van der Waals surface area contributed by atoms with Gasteiger partial charge in [-0.2, -0.15) is 0 Å². The third kappa shape index (κ3) is 6.28. The third-order valence-corrected chi connectivity index (χ3v) is 5.06. The number of aromatic nitrogens is 1. The van der Waals surface area contributed by atoms with Gasteiger partial charge in [-0.15, -0.1) is 24.0 Å². The van der Waals surface area contributed by atoms with Gasteiger partial charge in [-0.3, -0.25) is 9.79 Å². The number of hydrogen-bond donors (Lipinski definition) is 3. The highest BCUT2D eigenvalue weighted by atomic mass is 127. The van der Waals surface area contributed by atoms with E-state index in [1.807, 2.05) is 12.1 Å². The van der Waals surface area contributed by atoms with Crippen molar-refractivity contribution in [3.8, 4) is 0 Å². The smallest absolute Gasteiger partial charge is 0.222 e. The molecule has 1 amide bonds. The molecule has 0 bridgehead atoms. The van der Waals surface area contributed by atoms with Crippen molar-refractivity contribution in [1.82, 2.24) is 15.6 Å². The molecule has 1 fully saturated rings. The topological polar surface area (TPSA) is 95.6 Å². The lowest BCUT2D eigenvalue weighted by molar-refractivity contribution is -0.122. The Bertz CT molecular complexity index is 878. The second-order valence-electron chi connectivity index (χ2n) is 7.04. The van der Waals surface area contributed by atoms with Crippen LogP contribution in [0.25, 0.3) is 0 Å². The highest BCUT2D eigenvalue weighted by Crippen LogP contribution is 2.24. The first-order valence-electron chi connectivity index (χ1n) is 9.74. The Morgan fingerprint density at radius 1 is 1.23 bits per heavy atom. The Labute approximate surface area is 193 Å². The summed E-state index contributed by atoms with van der Waals surface area (Å²) >= 11 is 0. The van der Waals surface area contributed by atoms with Gasteiger partial charge in [-0.05, 0) is 25.0 Å².